The average molecular weight is 570 g/mol. The fraction of sp³-hybridized carbons (Fsp3) is 0.367. The Bertz CT molecular complexity index is 1440. The van der Waals surface area contributed by atoms with Crippen LogP contribution in [0.5, 0.6) is 5.75 Å². The van der Waals surface area contributed by atoms with Crippen molar-refractivity contribution in [2.24, 2.45) is 0 Å². The van der Waals surface area contributed by atoms with Crippen molar-refractivity contribution in [2.45, 2.75) is 31.0 Å². The molecular weight excluding hydrogens is 538 g/mol. The lowest BCUT2D eigenvalue weighted by molar-refractivity contribution is -0.137. The molecule has 0 atom stereocenters. The highest BCUT2D eigenvalue weighted by atomic mass is 19.4. The summed E-state index contributed by atoms with van der Waals surface area (Å²) in [7, 11) is 5.20. The standard InChI is InChI=1S/C30H31F4N5O2/c1-38(2)13-10-27(40)37-29(22-17-24(31)28(36-19-22)23-6-4-5-7-26(23)41-3)11-14-39(15-12-29)25-9-8-21(30(32,33)34)16-20(25)18-35/h4-9,16-17,19H,10-15H2,1-3H3,(H,37,40). The molecule has 1 fully saturated rings. The third kappa shape index (κ3) is 6.60. The summed E-state index contributed by atoms with van der Waals surface area (Å²) >= 11 is 0. The number of nitrogens with one attached hydrogen (secondary N) is 1. The number of nitriles is 1. The van der Waals surface area contributed by atoms with Gasteiger partial charge < -0.3 is 19.9 Å². The van der Waals surface area contributed by atoms with Crippen LogP contribution in [0.4, 0.5) is 23.2 Å². The number of nitrogens with zero attached hydrogens (tertiary/aromatic N) is 4. The average Bonchev–Trinajstić information content (AvgIpc) is 2.95. The van der Waals surface area contributed by atoms with Gasteiger partial charge in [0.15, 0.2) is 0 Å². The Morgan fingerprint density at radius 1 is 1.17 bits per heavy atom. The molecule has 41 heavy (non-hydrogen) atoms. The fourth-order valence-corrected chi connectivity index (χ4v) is 5.09. The first-order valence-corrected chi connectivity index (χ1v) is 13.1. The number of benzene rings is 2. The van der Waals surface area contributed by atoms with Crippen molar-refractivity contribution in [3.8, 4) is 23.1 Å². The van der Waals surface area contributed by atoms with Gasteiger partial charge >= 0.3 is 6.18 Å². The summed E-state index contributed by atoms with van der Waals surface area (Å²) in [6, 6.07) is 13.3. The number of hydrogen-bond acceptors (Lipinski definition) is 6. The van der Waals surface area contributed by atoms with E-state index in [1.807, 2.05) is 30.0 Å². The molecule has 1 aromatic heterocycles. The molecule has 0 aliphatic carbocycles. The molecule has 4 rings (SSSR count). The van der Waals surface area contributed by atoms with Crippen molar-refractivity contribution < 1.29 is 27.1 Å². The summed E-state index contributed by atoms with van der Waals surface area (Å²) < 4.78 is 60.5. The van der Waals surface area contributed by atoms with E-state index in [0.29, 0.717) is 55.0 Å². The zero-order valence-electron chi connectivity index (χ0n) is 23.1. The number of piperidine rings is 1. The summed E-state index contributed by atoms with van der Waals surface area (Å²) in [5, 5.41) is 12.7. The van der Waals surface area contributed by atoms with Crippen LogP contribution in [0.2, 0.25) is 0 Å². The van der Waals surface area contributed by atoms with Gasteiger partial charge in [0.2, 0.25) is 5.91 Å². The van der Waals surface area contributed by atoms with Gasteiger partial charge in [0.25, 0.3) is 0 Å². The number of rotatable bonds is 8. The highest BCUT2D eigenvalue weighted by Crippen LogP contribution is 2.39. The van der Waals surface area contributed by atoms with Gasteiger partial charge in [-0.05, 0) is 68.9 Å². The molecule has 0 saturated carbocycles. The third-order valence-corrected chi connectivity index (χ3v) is 7.32. The van der Waals surface area contributed by atoms with Crippen LogP contribution in [-0.2, 0) is 16.5 Å². The summed E-state index contributed by atoms with van der Waals surface area (Å²) in [5.41, 5.74) is -0.481. The predicted octanol–water partition coefficient (Wildman–Crippen LogP) is 5.35. The van der Waals surface area contributed by atoms with Crippen molar-refractivity contribution in [2.75, 3.05) is 45.7 Å². The van der Waals surface area contributed by atoms with Crippen LogP contribution in [0.15, 0.2) is 54.7 Å². The molecule has 2 heterocycles. The number of hydrogen-bond donors (Lipinski definition) is 1. The lowest BCUT2D eigenvalue weighted by Gasteiger charge is -2.43. The normalized spacial score (nSPS) is 15.0. The molecule has 0 radical (unpaired) electrons. The molecule has 1 amide bonds. The Labute approximate surface area is 236 Å². The van der Waals surface area contributed by atoms with Gasteiger partial charge in [-0.3, -0.25) is 9.78 Å². The Hall–Kier alpha value is -4.17. The van der Waals surface area contributed by atoms with E-state index in [1.165, 1.54) is 19.2 Å². The molecule has 1 saturated heterocycles. The van der Waals surface area contributed by atoms with Crippen molar-refractivity contribution in [3.05, 3.63) is 77.2 Å². The SMILES string of the molecule is COc1ccccc1-c1ncc(C2(NC(=O)CCN(C)C)CCN(c3ccc(C(F)(F)F)cc3C#N)CC2)cc1F. The van der Waals surface area contributed by atoms with E-state index in [0.717, 1.165) is 12.1 Å². The second kappa shape index (κ2) is 12.1. The van der Waals surface area contributed by atoms with Gasteiger partial charge in [-0.1, -0.05) is 12.1 Å². The molecule has 2 aromatic carbocycles. The molecule has 0 spiro atoms. The molecule has 0 bridgehead atoms. The maximum atomic E-state index is 15.6. The van der Waals surface area contributed by atoms with Crippen LogP contribution in [0.25, 0.3) is 11.3 Å². The monoisotopic (exact) mass is 569 g/mol. The van der Waals surface area contributed by atoms with E-state index in [1.54, 1.807) is 30.5 Å². The second-order valence-corrected chi connectivity index (χ2v) is 10.3. The minimum absolute atomic E-state index is 0.0868. The van der Waals surface area contributed by atoms with Crippen LogP contribution in [0.3, 0.4) is 0 Å². The first-order valence-electron chi connectivity index (χ1n) is 13.1. The van der Waals surface area contributed by atoms with Gasteiger partial charge in [-0.2, -0.15) is 18.4 Å². The Morgan fingerprint density at radius 3 is 2.49 bits per heavy atom. The molecule has 0 unspecified atom stereocenters. The zero-order valence-corrected chi connectivity index (χ0v) is 23.1. The second-order valence-electron chi connectivity index (χ2n) is 10.3. The predicted molar refractivity (Wildman–Crippen MR) is 147 cm³/mol. The minimum Gasteiger partial charge on any atom is -0.496 e. The van der Waals surface area contributed by atoms with Gasteiger partial charge in [-0.25, -0.2) is 4.39 Å². The number of pyridine rings is 1. The van der Waals surface area contributed by atoms with E-state index < -0.39 is 23.1 Å². The highest BCUT2D eigenvalue weighted by Gasteiger charge is 2.39. The number of halogens is 4. The van der Waals surface area contributed by atoms with Crippen LogP contribution < -0.4 is 15.0 Å². The van der Waals surface area contributed by atoms with Crippen molar-refractivity contribution >= 4 is 11.6 Å². The molecule has 1 N–H and O–H groups in total. The molecular formula is C30H31F4N5O2. The number of methoxy groups -OCH3 is 1. The van der Waals surface area contributed by atoms with E-state index in [2.05, 4.69) is 10.3 Å². The van der Waals surface area contributed by atoms with E-state index >= 15 is 4.39 Å². The molecule has 11 heteroatoms. The molecule has 7 nitrogen and oxygen atoms in total. The van der Waals surface area contributed by atoms with Crippen molar-refractivity contribution in [1.82, 2.24) is 15.2 Å². The summed E-state index contributed by atoms with van der Waals surface area (Å²) in [6.45, 7) is 1.14. The zero-order chi connectivity index (χ0) is 29.8. The van der Waals surface area contributed by atoms with Crippen LogP contribution in [0.1, 0.15) is 36.0 Å². The smallest absolute Gasteiger partial charge is 0.416 e. The Morgan fingerprint density at radius 2 is 1.88 bits per heavy atom. The fourth-order valence-electron chi connectivity index (χ4n) is 5.09. The number of aromatic nitrogens is 1. The largest absolute Gasteiger partial charge is 0.496 e. The molecule has 1 aliphatic rings. The quantitative estimate of drug-likeness (QED) is 0.369. The molecule has 3 aromatic rings. The third-order valence-electron chi connectivity index (χ3n) is 7.32. The number of anilines is 1. The van der Waals surface area contributed by atoms with E-state index in [4.69, 9.17) is 4.74 Å². The minimum atomic E-state index is -4.56. The van der Waals surface area contributed by atoms with E-state index in [-0.39, 0.29) is 23.6 Å². The maximum Gasteiger partial charge on any atom is 0.416 e. The molecule has 216 valence electrons. The van der Waals surface area contributed by atoms with Gasteiger partial charge in [0.1, 0.15) is 23.3 Å². The molecule has 1 aliphatic heterocycles. The lowest BCUT2D eigenvalue weighted by atomic mass is 9.80. The van der Waals surface area contributed by atoms with Crippen molar-refractivity contribution in [3.63, 3.8) is 0 Å². The van der Waals surface area contributed by atoms with E-state index in [9.17, 15) is 23.2 Å². The van der Waals surface area contributed by atoms with Gasteiger partial charge in [0, 0.05) is 37.8 Å². The number of carbonyl (C=O) groups is 1. The maximum absolute atomic E-state index is 15.6. The Kier molecular flexibility index (Phi) is 8.83. The van der Waals surface area contributed by atoms with Crippen LogP contribution in [-0.4, -0.2) is 56.6 Å². The summed E-state index contributed by atoms with van der Waals surface area (Å²) in [4.78, 5) is 21.1. The number of carbonyl (C=O) groups excluding carboxylic acids is 1. The summed E-state index contributed by atoms with van der Waals surface area (Å²) in [6.07, 6.45) is -2.15. The topological polar surface area (TPSA) is 81.5 Å². The first-order chi connectivity index (χ1) is 19.5. The van der Waals surface area contributed by atoms with Gasteiger partial charge in [-0.15, -0.1) is 0 Å². The lowest BCUT2D eigenvalue weighted by Crippen LogP contribution is -2.53. The number of ether oxygens (including phenoxy) is 1. The Balaban J connectivity index is 1.65. The number of amides is 1. The van der Waals surface area contributed by atoms with Crippen LogP contribution >= 0.6 is 0 Å². The first kappa shape index (κ1) is 29.8. The number of alkyl halides is 3. The van der Waals surface area contributed by atoms with Crippen LogP contribution in [0, 0.1) is 17.1 Å². The van der Waals surface area contributed by atoms with Crippen molar-refractivity contribution in [1.29, 1.82) is 5.26 Å². The summed E-state index contributed by atoms with van der Waals surface area (Å²) in [5.74, 6) is -0.323. The highest BCUT2D eigenvalue weighted by molar-refractivity contribution is 5.77. The number of para-hydroxylation sites is 1. The van der Waals surface area contributed by atoms with Gasteiger partial charge in [0.05, 0.1) is 29.5 Å².